The van der Waals surface area contributed by atoms with Gasteiger partial charge in [0.1, 0.15) is 0 Å². The van der Waals surface area contributed by atoms with Crippen molar-refractivity contribution in [1.29, 1.82) is 0 Å². The molecule has 1 aromatic carbocycles. The molecule has 0 unspecified atom stereocenters. The second-order valence-electron chi connectivity index (χ2n) is 5.35. The third-order valence-corrected chi connectivity index (χ3v) is 3.95. The van der Waals surface area contributed by atoms with Gasteiger partial charge in [0, 0.05) is 18.8 Å². The van der Waals surface area contributed by atoms with Gasteiger partial charge in [0.25, 0.3) is 0 Å². The smallest absolute Gasteiger partial charge is 0.334 e. The maximum absolute atomic E-state index is 12.8. The highest BCUT2D eigenvalue weighted by atomic mass is 35.5. The van der Waals surface area contributed by atoms with Crippen molar-refractivity contribution in [3.8, 4) is 0 Å². The number of hydrogen-bond donors (Lipinski definition) is 1. The molecule has 0 atom stereocenters. The second-order valence-corrected chi connectivity index (χ2v) is 5.76. The lowest BCUT2D eigenvalue weighted by atomic mass is 10.2. The Labute approximate surface area is 136 Å². The van der Waals surface area contributed by atoms with Crippen LogP contribution in [0.3, 0.4) is 0 Å². The Hall–Kier alpha value is -1.76. The molecule has 0 radical (unpaired) electrons. The van der Waals surface area contributed by atoms with Crippen molar-refractivity contribution < 1.29 is 22.8 Å². The first kappa shape index (κ1) is 17.6. The molecule has 0 saturated carbocycles. The van der Waals surface area contributed by atoms with E-state index in [-0.39, 0.29) is 5.69 Å². The lowest BCUT2D eigenvalue weighted by Crippen LogP contribution is -2.40. The Balaban J connectivity index is 2.09. The van der Waals surface area contributed by atoms with Crippen molar-refractivity contribution in [2.75, 3.05) is 18.4 Å². The Bertz CT molecular complexity index is 597. The van der Waals surface area contributed by atoms with E-state index in [0.29, 0.717) is 13.1 Å². The summed E-state index contributed by atoms with van der Waals surface area (Å²) in [6.45, 7) is 0.974. The van der Waals surface area contributed by atoms with Gasteiger partial charge in [0.05, 0.1) is 10.6 Å². The number of benzene rings is 1. The number of nitrogens with zero attached hydrogens (tertiary/aromatic N) is 1. The van der Waals surface area contributed by atoms with Crippen molar-refractivity contribution in [2.24, 2.45) is 0 Å². The van der Waals surface area contributed by atoms with Gasteiger partial charge in [-0.05, 0) is 31.0 Å². The van der Waals surface area contributed by atoms with Crippen LogP contribution in [0.5, 0.6) is 0 Å². The standard InChI is InChI=1S/C15H16ClF3N2O2/c16-12-6-5-10(9-11(12)15(17,18)19)20-13(22)14(23)21-7-3-1-2-4-8-21/h5-6,9H,1-4,7-8H2,(H,20,22). The van der Waals surface area contributed by atoms with Crippen LogP contribution in [0.25, 0.3) is 0 Å². The molecule has 126 valence electrons. The maximum atomic E-state index is 12.8. The first-order valence-electron chi connectivity index (χ1n) is 7.26. The fraction of sp³-hybridized carbons (Fsp3) is 0.467. The molecule has 0 aromatic heterocycles. The van der Waals surface area contributed by atoms with E-state index in [1.807, 2.05) is 0 Å². The normalized spacial score (nSPS) is 15.9. The van der Waals surface area contributed by atoms with Gasteiger partial charge in [0.2, 0.25) is 0 Å². The summed E-state index contributed by atoms with van der Waals surface area (Å²) >= 11 is 5.51. The van der Waals surface area contributed by atoms with Crippen molar-refractivity contribution >= 4 is 29.1 Å². The quantitative estimate of drug-likeness (QED) is 0.787. The fourth-order valence-electron chi connectivity index (χ4n) is 2.42. The van der Waals surface area contributed by atoms with Crippen LogP contribution in [0.4, 0.5) is 18.9 Å². The average Bonchev–Trinajstić information content (AvgIpc) is 2.76. The average molecular weight is 349 g/mol. The van der Waals surface area contributed by atoms with E-state index < -0.39 is 28.6 Å². The van der Waals surface area contributed by atoms with Gasteiger partial charge < -0.3 is 10.2 Å². The summed E-state index contributed by atoms with van der Waals surface area (Å²) in [6.07, 6.45) is -1.00. The van der Waals surface area contributed by atoms with E-state index in [1.54, 1.807) is 0 Å². The third kappa shape index (κ3) is 4.60. The van der Waals surface area contributed by atoms with E-state index in [2.05, 4.69) is 5.32 Å². The van der Waals surface area contributed by atoms with Crippen molar-refractivity contribution in [1.82, 2.24) is 4.90 Å². The van der Waals surface area contributed by atoms with E-state index in [1.165, 1.54) is 11.0 Å². The summed E-state index contributed by atoms with van der Waals surface area (Å²) in [5.41, 5.74) is -1.17. The number of amides is 2. The zero-order valence-electron chi connectivity index (χ0n) is 12.3. The van der Waals surface area contributed by atoms with Gasteiger partial charge >= 0.3 is 18.0 Å². The van der Waals surface area contributed by atoms with Crippen LogP contribution >= 0.6 is 11.6 Å². The van der Waals surface area contributed by atoms with Gasteiger partial charge in [-0.25, -0.2) is 0 Å². The van der Waals surface area contributed by atoms with Gasteiger partial charge in [-0.2, -0.15) is 13.2 Å². The number of halogens is 4. The molecule has 1 aromatic rings. The second kappa shape index (κ2) is 7.21. The molecule has 4 nitrogen and oxygen atoms in total. The molecule has 2 rings (SSSR count). The Kier molecular flexibility index (Phi) is 5.51. The van der Waals surface area contributed by atoms with Crippen LogP contribution in [0.15, 0.2) is 18.2 Å². The Morgan fingerprint density at radius 1 is 1.09 bits per heavy atom. The first-order valence-corrected chi connectivity index (χ1v) is 7.64. The zero-order chi connectivity index (χ0) is 17.0. The van der Waals surface area contributed by atoms with E-state index >= 15 is 0 Å². The largest absolute Gasteiger partial charge is 0.417 e. The number of carbonyl (C=O) groups is 2. The summed E-state index contributed by atoms with van der Waals surface area (Å²) in [4.78, 5) is 25.5. The van der Waals surface area contributed by atoms with E-state index in [0.717, 1.165) is 37.8 Å². The number of rotatable bonds is 1. The highest BCUT2D eigenvalue weighted by Gasteiger charge is 2.33. The van der Waals surface area contributed by atoms with Gasteiger partial charge in [-0.15, -0.1) is 0 Å². The molecular formula is C15H16ClF3N2O2. The fourth-order valence-corrected chi connectivity index (χ4v) is 2.65. The van der Waals surface area contributed by atoms with E-state index in [4.69, 9.17) is 11.6 Å². The molecule has 1 N–H and O–H groups in total. The molecule has 8 heteroatoms. The molecule has 1 fully saturated rings. The number of anilines is 1. The van der Waals surface area contributed by atoms with Crippen LogP contribution in [-0.2, 0) is 15.8 Å². The molecule has 0 spiro atoms. The van der Waals surface area contributed by atoms with Crippen LogP contribution in [0.1, 0.15) is 31.2 Å². The van der Waals surface area contributed by atoms with E-state index in [9.17, 15) is 22.8 Å². The molecule has 1 heterocycles. The molecular weight excluding hydrogens is 333 g/mol. The lowest BCUT2D eigenvalue weighted by molar-refractivity contribution is -0.143. The molecule has 1 aliphatic heterocycles. The Morgan fingerprint density at radius 3 is 2.26 bits per heavy atom. The number of nitrogens with one attached hydrogen (secondary N) is 1. The summed E-state index contributed by atoms with van der Waals surface area (Å²) in [5, 5.41) is 1.75. The summed E-state index contributed by atoms with van der Waals surface area (Å²) < 4.78 is 38.4. The third-order valence-electron chi connectivity index (χ3n) is 3.62. The predicted molar refractivity (Wildman–Crippen MR) is 80.1 cm³/mol. The van der Waals surface area contributed by atoms with Gasteiger partial charge in [0.15, 0.2) is 0 Å². The molecule has 1 saturated heterocycles. The topological polar surface area (TPSA) is 49.4 Å². The monoisotopic (exact) mass is 348 g/mol. The minimum atomic E-state index is -4.63. The molecule has 1 aliphatic rings. The molecule has 23 heavy (non-hydrogen) atoms. The summed E-state index contributed by atoms with van der Waals surface area (Å²) in [6, 6.07) is 2.98. The molecule has 2 amide bonds. The summed E-state index contributed by atoms with van der Waals surface area (Å²) in [5.74, 6) is -1.67. The predicted octanol–water partition coefficient (Wildman–Crippen LogP) is 3.70. The maximum Gasteiger partial charge on any atom is 0.417 e. The highest BCUT2D eigenvalue weighted by molar-refractivity contribution is 6.39. The van der Waals surface area contributed by atoms with Crippen molar-refractivity contribution in [3.05, 3.63) is 28.8 Å². The first-order chi connectivity index (χ1) is 10.8. The van der Waals surface area contributed by atoms with Crippen LogP contribution in [0.2, 0.25) is 5.02 Å². The number of hydrogen-bond acceptors (Lipinski definition) is 2. The minimum absolute atomic E-state index is 0.116. The van der Waals surface area contributed by atoms with Crippen LogP contribution in [-0.4, -0.2) is 29.8 Å². The Morgan fingerprint density at radius 2 is 1.70 bits per heavy atom. The van der Waals surface area contributed by atoms with Crippen LogP contribution < -0.4 is 5.32 Å². The van der Waals surface area contributed by atoms with Crippen LogP contribution in [0, 0.1) is 0 Å². The number of alkyl halides is 3. The summed E-state index contributed by atoms with van der Waals surface area (Å²) in [7, 11) is 0. The minimum Gasteiger partial charge on any atom is -0.334 e. The van der Waals surface area contributed by atoms with Gasteiger partial charge in [-0.1, -0.05) is 24.4 Å². The lowest BCUT2D eigenvalue weighted by Gasteiger charge is -2.19. The zero-order valence-corrected chi connectivity index (χ0v) is 13.0. The highest BCUT2D eigenvalue weighted by Crippen LogP contribution is 2.36. The van der Waals surface area contributed by atoms with Crippen molar-refractivity contribution in [2.45, 2.75) is 31.9 Å². The number of likely N-dealkylation sites (tertiary alicyclic amines) is 1. The SMILES string of the molecule is O=C(Nc1ccc(Cl)c(C(F)(F)F)c1)C(=O)N1CCCCCC1. The molecule has 0 bridgehead atoms. The van der Waals surface area contributed by atoms with Crippen molar-refractivity contribution in [3.63, 3.8) is 0 Å². The van der Waals surface area contributed by atoms with Gasteiger partial charge in [-0.3, -0.25) is 9.59 Å². The molecule has 0 aliphatic carbocycles. The number of carbonyl (C=O) groups excluding carboxylic acids is 2.